The molecule has 8 heteroatoms. The van der Waals surface area contributed by atoms with Crippen LogP contribution in [0.1, 0.15) is 48.5 Å². The molecule has 0 saturated heterocycles. The van der Waals surface area contributed by atoms with Gasteiger partial charge in [-0.2, -0.15) is 18.3 Å². The average molecular weight is 292 g/mol. The largest absolute Gasteiger partial charge is 0.461 e. The quantitative estimate of drug-likeness (QED) is 0.634. The topological polar surface area (TPSA) is 61.2 Å². The van der Waals surface area contributed by atoms with Crippen LogP contribution in [0.25, 0.3) is 0 Å². The molecule has 0 spiro atoms. The van der Waals surface area contributed by atoms with Gasteiger partial charge in [0.25, 0.3) is 5.78 Å². The van der Waals surface area contributed by atoms with Crippen LogP contribution in [0.2, 0.25) is 0 Å². The Morgan fingerprint density at radius 2 is 1.85 bits per heavy atom. The van der Waals surface area contributed by atoms with Gasteiger partial charge in [-0.25, -0.2) is 4.79 Å². The number of nitrogens with zero attached hydrogens (tertiary/aromatic N) is 2. The number of hydrogen-bond donors (Lipinski definition) is 0. The van der Waals surface area contributed by atoms with E-state index in [1.54, 1.807) is 20.8 Å². The molecule has 0 saturated carbocycles. The number of rotatable bonds is 3. The van der Waals surface area contributed by atoms with Crippen LogP contribution in [0.5, 0.6) is 0 Å². The molecule has 0 unspecified atom stereocenters. The lowest BCUT2D eigenvalue weighted by molar-refractivity contribution is -0.0885. The fraction of sp³-hybridized carbons (Fsp3) is 0.583. The molecule has 1 heterocycles. The first-order valence-corrected chi connectivity index (χ1v) is 5.87. The van der Waals surface area contributed by atoms with E-state index in [4.69, 9.17) is 0 Å². The molecular formula is C12H15F3N2O3. The summed E-state index contributed by atoms with van der Waals surface area (Å²) in [5.74, 6) is -3.17. The number of ketones is 1. The van der Waals surface area contributed by atoms with Crippen molar-refractivity contribution in [2.75, 3.05) is 6.61 Å². The molecule has 0 bridgehead atoms. The Morgan fingerprint density at radius 1 is 1.30 bits per heavy atom. The van der Waals surface area contributed by atoms with Crippen molar-refractivity contribution in [3.05, 3.63) is 17.5 Å². The van der Waals surface area contributed by atoms with Crippen molar-refractivity contribution < 1.29 is 27.5 Å². The fourth-order valence-corrected chi connectivity index (χ4v) is 1.39. The molecule has 20 heavy (non-hydrogen) atoms. The van der Waals surface area contributed by atoms with Crippen LogP contribution in [0.3, 0.4) is 0 Å². The number of halogens is 3. The molecule has 0 aliphatic rings. The number of alkyl halides is 3. The van der Waals surface area contributed by atoms with Crippen molar-refractivity contribution in [1.82, 2.24) is 9.78 Å². The van der Waals surface area contributed by atoms with E-state index in [0.717, 1.165) is 10.9 Å². The maximum Gasteiger partial charge on any atom is 0.455 e. The first-order chi connectivity index (χ1) is 8.98. The second-order valence-corrected chi connectivity index (χ2v) is 5.05. The van der Waals surface area contributed by atoms with Gasteiger partial charge in [-0.3, -0.25) is 9.48 Å². The molecule has 112 valence electrons. The zero-order valence-electron chi connectivity index (χ0n) is 11.5. The van der Waals surface area contributed by atoms with Gasteiger partial charge < -0.3 is 4.74 Å². The minimum Gasteiger partial charge on any atom is -0.461 e. The van der Waals surface area contributed by atoms with Crippen LogP contribution in [-0.2, 0) is 10.3 Å². The van der Waals surface area contributed by atoms with Crippen molar-refractivity contribution in [3.63, 3.8) is 0 Å². The summed E-state index contributed by atoms with van der Waals surface area (Å²) in [4.78, 5) is 23.0. The van der Waals surface area contributed by atoms with Gasteiger partial charge in [0.15, 0.2) is 5.69 Å². The minimum atomic E-state index is -5.08. The van der Waals surface area contributed by atoms with Crippen LogP contribution in [0.15, 0.2) is 6.20 Å². The third-order valence-corrected chi connectivity index (χ3v) is 2.37. The lowest BCUT2D eigenvalue weighted by Gasteiger charge is -2.18. The molecular weight excluding hydrogens is 277 g/mol. The van der Waals surface area contributed by atoms with Gasteiger partial charge in [-0.1, -0.05) is 0 Å². The Morgan fingerprint density at radius 3 is 2.25 bits per heavy atom. The number of carbonyl (C=O) groups is 2. The smallest absolute Gasteiger partial charge is 0.455 e. The predicted molar refractivity (Wildman–Crippen MR) is 63.6 cm³/mol. The summed E-state index contributed by atoms with van der Waals surface area (Å²) < 4.78 is 43.4. The second kappa shape index (κ2) is 5.26. The number of Topliss-reactive ketones (excluding diaryl/α,β-unsaturated/α-hetero) is 1. The highest BCUT2D eigenvalue weighted by molar-refractivity contribution is 6.07. The Hall–Kier alpha value is -1.86. The Bertz CT molecular complexity index is 527. The Kier molecular flexibility index (Phi) is 4.26. The third kappa shape index (κ3) is 3.37. The van der Waals surface area contributed by atoms with Gasteiger partial charge in [-0.15, -0.1) is 0 Å². The van der Waals surface area contributed by atoms with Gasteiger partial charge in [0.1, 0.15) is 0 Å². The fourth-order valence-electron chi connectivity index (χ4n) is 1.39. The number of hydrogen-bond acceptors (Lipinski definition) is 4. The van der Waals surface area contributed by atoms with Gasteiger partial charge >= 0.3 is 12.1 Å². The van der Waals surface area contributed by atoms with E-state index >= 15 is 0 Å². The van der Waals surface area contributed by atoms with Gasteiger partial charge in [-0.05, 0) is 27.7 Å². The van der Waals surface area contributed by atoms with E-state index in [1.165, 1.54) is 6.92 Å². The summed E-state index contributed by atoms with van der Waals surface area (Å²) in [6.45, 7) is 6.51. The summed E-state index contributed by atoms with van der Waals surface area (Å²) in [7, 11) is 0. The summed E-state index contributed by atoms with van der Waals surface area (Å²) >= 11 is 0. The number of carbonyl (C=O) groups excluding carboxylic acids is 2. The van der Waals surface area contributed by atoms with Crippen molar-refractivity contribution in [3.8, 4) is 0 Å². The average Bonchev–Trinajstić information content (AvgIpc) is 2.71. The highest BCUT2D eigenvalue weighted by Crippen LogP contribution is 2.25. The van der Waals surface area contributed by atoms with Gasteiger partial charge in [0.05, 0.1) is 17.7 Å². The van der Waals surface area contributed by atoms with E-state index < -0.39 is 34.7 Å². The lowest BCUT2D eigenvalue weighted by Crippen LogP contribution is -2.24. The van der Waals surface area contributed by atoms with Crippen LogP contribution < -0.4 is 0 Å². The molecule has 0 aliphatic carbocycles. The van der Waals surface area contributed by atoms with Gasteiger partial charge in [0.2, 0.25) is 0 Å². The highest BCUT2D eigenvalue weighted by Gasteiger charge is 2.43. The SMILES string of the molecule is CCOC(=O)c1nn(C(C)(C)C)cc1C(=O)C(F)(F)F. The van der Waals surface area contributed by atoms with Crippen LogP contribution in [0, 0.1) is 0 Å². The normalized spacial score (nSPS) is 12.3. The molecule has 1 rings (SSSR count). The molecule has 0 N–H and O–H groups in total. The first-order valence-electron chi connectivity index (χ1n) is 5.87. The summed E-state index contributed by atoms with van der Waals surface area (Å²) in [5.41, 5.74) is -2.10. The molecule has 0 fully saturated rings. The summed E-state index contributed by atoms with van der Waals surface area (Å²) in [6, 6.07) is 0. The van der Waals surface area contributed by atoms with Crippen molar-refractivity contribution >= 4 is 11.8 Å². The summed E-state index contributed by atoms with van der Waals surface area (Å²) in [6.07, 6.45) is -4.16. The van der Waals surface area contributed by atoms with E-state index in [-0.39, 0.29) is 6.61 Å². The molecule has 1 aromatic heterocycles. The molecule has 0 aliphatic heterocycles. The second-order valence-electron chi connectivity index (χ2n) is 5.05. The molecule has 0 aromatic carbocycles. The van der Waals surface area contributed by atoms with Crippen LogP contribution in [0.4, 0.5) is 13.2 Å². The Balaban J connectivity index is 3.37. The molecule has 1 aromatic rings. The first kappa shape index (κ1) is 16.2. The zero-order valence-corrected chi connectivity index (χ0v) is 11.5. The maximum atomic E-state index is 12.5. The van der Waals surface area contributed by atoms with E-state index in [1.807, 2.05) is 0 Å². The molecule has 0 amide bonds. The minimum absolute atomic E-state index is 0.0269. The van der Waals surface area contributed by atoms with Crippen LogP contribution in [-0.4, -0.2) is 34.3 Å². The number of aromatic nitrogens is 2. The highest BCUT2D eigenvalue weighted by atomic mass is 19.4. The van der Waals surface area contributed by atoms with E-state index in [9.17, 15) is 22.8 Å². The number of esters is 1. The summed E-state index contributed by atoms with van der Waals surface area (Å²) in [5, 5.41) is 3.76. The lowest BCUT2D eigenvalue weighted by atomic mass is 10.1. The molecule has 0 radical (unpaired) electrons. The van der Waals surface area contributed by atoms with Gasteiger partial charge in [0, 0.05) is 6.20 Å². The monoisotopic (exact) mass is 292 g/mol. The van der Waals surface area contributed by atoms with Crippen molar-refractivity contribution in [1.29, 1.82) is 0 Å². The molecule has 0 atom stereocenters. The standard InChI is InChI=1S/C12H15F3N2O3/c1-5-20-10(19)8-7(9(18)12(13,14)15)6-17(16-8)11(2,3)4/h6H,5H2,1-4H3. The van der Waals surface area contributed by atoms with E-state index in [2.05, 4.69) is 9.84 Å². The molecule has 5 nitrogen and oxygen atoms in total. The number of ether oxygens (including phenoxy) is 1. The van der Waals surface area contributed by atoms with E-state index in [0.29, 0.717) is 0 Å². The van der Waals surface area contributed by atoms with Crippen molar-refractivity contribution in [2.45, 2.75) is 39.4 Å². The van der Waals surface area contributed by atoms with Crippen LogP contribution >= 0.6 is 0 Å². The van der Waals surface area contributed by atoms with Crippen molar-refractivity contribution in [2.24, 2.45) is 0 Å². The maximum absolute atomic E-state index is 12.5. The third-order valence-electron chi connectivity index (χ3n) is 2.37. The predicted octanol–water partition coefficient (Wildman–Crippen LogP) is 2.56. The Labute approximate surface area is 113 Å². The zero-order chi connectivity index (χ0) is 15.7.